The summed E-state index contributed by atoms with van der Waals surface area (Å²) in [6.07, 6.45) is 5.24. The van der Waals surface area contributed by atoms with Crippen LogP contribution in [0.4, 0.5) is 5.82 Å². The van der Waals surface area contributed by atoms with Gasteiger partial charge in [-0.1, -0.05) is 26.7 Å². The Morgan fingerprint density at radius 3 is 2.61 bits per heavy atom. The summed E-state index contributed by atoms with van der Waals surface area (Å²) in [7, 11) is 0. The van der Waals surface area contributed by atoms with Crippen molar-refractivity contribution in [1.29, 1.82) is 0 Å². The molecule has 0 aliphatic carbocycles. The monoisotopic (exact) mass is 250 g/mol. The summed E-state index contributed by atoms with van der Waals surface area (Å²) in [5.41, 5.74) is 0.361. The first kappa shape index (κ1) is 14.4. The van der Waals surface area contributed by atoms with Crippen molar-refractivity contribution in [2.75, 3.05) is 18.4 Å². The van der Waals surface area contributed by atoms with Gasteiger partial charge in [0, 0.05) is 13.1 Å². The minimum absolute atomic E-state index is 0.158. The fourth-order valence-corrected chi connectivity index (χ4v) is 1.65. The van der Waals surface area contributed by atoms with Gasteiger partial charge in [0.1, 0.15) is 11.5 Å². The molecule has 0 bridgehead atoms. The predicted molar refractivity (Wildman–Crippen MR) is 72.6 cm³/mol. The maximum absolute atomic E-state index is 11.9. The van der Waals surface area contributed by atoms with Crippen molar-refractivity contribution in [3.8, 4) is 0 Å². The van der Waals surface area contributed by atoms with Gasteiger partial charge in [0.2, 0.25) is 0 Å². The van der Waals surface area contributed by atoms with E-state index in [1.807, 2.05) is 6.92 Å². The summed E-state index contributed by atoms with van der Waals surface area (Å²) >= 11 is 0. The molecule has 0 saturated heterocycles. The number of aromatic nitrogens is 2. The van der Waals surface area contributed by atoms with Gasteiger partial charge < -0.3 is 10.6 Å². The molecule has 0 saturated carbocycles. The van der Waals surface area contributed by atoms with Crippen molar-refractivity contribution in [1.82, 2.24) is 15.3 Å². The van der Waals surface area contributed by atoms with Crippen molar-refractivity contribution in [3.63, 3.8) is 0 Å². The van der Waals surface area contributed by atoms with Crippen molar-refractivity contribution < 1.29 is 4.79 Å². The standard InChI is InChI=1S/C13H22N4O/c1-4-10(5-2)7-16-13(18)11-8-14-9-12(17-11)15-6-3/h8-10H,4-7H2,1-3H3,(H,15,17)(H,16,18). The number of hydrogen-bond acceptors (Lipinski definition) is 4. The minimum atomic E-state index is -0.158. The van der Waals surface area contributed by atoms with Crippen LogP contribution in [0.2, 0.25) is 0 Å². The molecule has 18 heavy (non-hydrogen) atoms. The first-order valence-corrected chi connectivity index (χ1v) is 6.55. The Hall–Kier alpha value is -1.65. The number of amides is 1. The molecule has 0 aliphatic rings. The molecule has 0 spiro atoms. The third kappa shape index (κ3) is 4.31. The van der Waals surface area contributed by atoms with E-state index in [-0.39, 0.29) is 5.91 Å². The molecule has 1 heterocycles. The van der Waals surface area contributed by atoms with Gasteiger partial charge in [-0.3, -0.25) is 9.78 Å². The molecule has 1 aromatic rings. The zero-order valence-electron chi connectivity index (χ0n) is 11.4. The van der Waals surface area contributed by atoms with E-state index < -0.39 is 0 Å². The molecule has 1 aromatic heterocycles. The van der Waals surface area contributed by atoms with Crippen LogP contribution in [0, 0.1) is 5.92 Å². The predicted octanol–water partition coefficient (Wildman–Crippen LogP) is 2.07. The maximum atomic E-state index is 11.9. The van der Waals surface area contributed by atoms with Gasteiger partial charge in [0.05, 0.1) is 12.4 Å². The summed E-state index contributed by atoms with van der Waals surface area (Å²) < 4.78 is 0. The second kappa shape index (κ2) is 7.63. The topological polar surface area (TPSA) is 66.9 Å². The van der Waals surface area contributed by atoms with Crippen LogP contribution < -0.4 is 10.6 Å². The lowest BCUT2D eigenvalue weighted by Gasteiger charge is -2.13. The zero-order valence-corrected chi connectivity index (χ0v) is 11.4. The van der Waals surface area contributed by atoms with Crippen LogP contribution in [0.25, 0.3) is 0 Å². The number of nitrogens with zero attached hydrogens (tertiary/aromatic N) is 2. The number of nitrogens with one attached hydrogen (secondary N) is 2. The zero-order chi connectivity index (χ0) is 13.4. The van der Waals surface area contributed by atoms with Crippen molar-refractivity contribution in [2.45, 2.75) is 33.6 Å². The molecule has 0 aliphatic heterocycles. The van der Waals surface area contributed by atoms with E-state index in [2.05, 4.69) is 34.4 Å². The van der Waals surface area contributed by atoms with Crippen LogP contribution in [0.1, 0.15) is 44.1 Å². The third-order valence-corrected chi connectivity index (χ3v) is 2.93. The van der Waals surface area contributed by atoms with Gasteiger partial charge in [-0.15, -0.1) is 0 Å². The molecule has 0 atom stereocenters. The second-order valence-electron chi connectivity index (χ2n) is 4.21. The van der Waals surface area contributed by atoms with E-state index in [4.69, 9.17) is 0 Å². The molecule has 0 aromatic carbocycles. The quantitative estimate of drug-likeness (QED) is 0.777. The lowest BCUT2D eigenvalue weighted by atomic mass is 10.0. The number of anilines is 1. The highest BCUT2D eigenvalue weighted by Crippen LogP contribution is 2.06. The van der Waals surface area contributed by atoms with Gasteiger partial charge in [0.15, 0.2) is 0 Å². The molecular weight excluding hydrogens is 228 g/mol. The molecule has 2 N–H and O–H groups in total. The molecule has 0 unspecified atom stereocenters. The Kier molecular flexibility index (Phi) is 6.11. The molecule has 100 valence electrons. The highest BCUT2D eigenvalue weighted by atomic mass is 16.1. The van der Waals surface area contributed by atoms with Gasteiger partial charge in [-0.05, 0) is 12.8 Å². The van der Waals surface area contributed by atoms with Gasteiger partial charge in [0.25, 0.3) is 5.91 Å². The third-order valence-electron chi connectivity index (χ3n) is 2.93. The second-order valence-corrected chi connectivity index (χ2v) is 4.21. The Morgan fingerprint density at radius 2 is 2.00 bits per heavy atom. The SMILES string of the molecule is CCNc1cncc(C(=O)NCC(CC)CC)n1. The van der Waals surface area contributed by atoms with Crippen LogP contribution in [-0.4, -0.2) is 29.0 Å². The molecule has 1 rings (SSSR count). The van der Waals surface area contributed by atoms with Crippen LogP contribution in [0.15, 0.2) is 12.4 Å². The van der Waals surface area contributed by atoms with E-state index in [0.29, 0.717) is 24.0 Å². The Balaban J connectivity index is 2.58. The normalized spacial score (nSPS) is 10.4. The number of carbonyl (C=O) groups excluding carboxylic acids is 1. The maximum Gasteiger partial charge on any atom is 0.271 e. The summed E-state index contributed by atoms with van der Waals surface area (Å²) in [6, 6.07) is 0. The molecule has 1 amide bonds. The smallest absolute Gasteiger partial charge is 0.271 e. The van der Waals surface area contributed by atoms with E-state index in [1.54, 1.807) is 6.20 Å². The van der Waals surface area contributed by atoms with Gasteiger partial charge in [-0.2, -0.15) is 0 Å². The van der Waals surface area contributed by atoms with Crippen LogP contribution >= 0.6 is 0 Å². The fourth-order valence-electron chi connectivity index (χ4n) is 1.65. The summed E-state index contributed by atoms with van der Waals surface area (Å²) in [4.78, 5) is 20.1. The van der Waals surface area contributed by atoms with Crippen LogP contribution in [-0.2, 0) is 0 Å². The number of rotatable bonds is 7. The molecule has 5 heteroatoms. The Labute approximate surface area is 108 Å². The van der Waals surface area contributed by atoms with Gasteiger partial charge >= 0.3 is 0 Å². The van der Waals surface area contributed by atoms with E-state index >= 15 is 0 Å². The molecular formula is C13H22N4O. The van der Waals surface area contributed by atoms with E-state index in [9.17, 15) is 4.79 Å². The number of carbonyl (C=O) groups is 1. The van der Waals surface area contributed by atoms with Gasteiger partial charge in [-0.25, -0.2) is 4.98 Å². The van der Waals surface area contributed by atoms with Crippen molar-refractivity contribution >= 4 is 11.7 Å². The lowest BCUT2D eigenvalue weighted by Crippen LogP contribution is -2.29. The van der Waals surface area contributed by atoms with Crippen LogP contribution in [0.5, 0.6) is 0 Å². The largest absolute Gasteiger partial charge is 0.369 e. The lowest BCUT2D eigenvalue weighted by molar-refractivity contribution is 0.0941. The molecule has 0 fully saturated rings. The Bertz CT molecular complexity index is 377. The van der Waals surface area contributed by atoms with E-state index in [0.717, 1.165) is 19.4 Å². The molecule has 5 nitrogen and oxygen atoms in total. The van der Waals surface area contributed by atoms with Crippen LogP contribution in [0.3, 0.4) is 0 Å². The van der Waals surface area contributed by atoms with Crippen molar-refractivity contribution in [2.24, 2.45) is 5.92 Å². The average molecular weight is 250 g/mol. The summed E-state index contributed by atoms with van der Waals surface area (Å²) in [5.74, 6) is 1.00. The average Bonchev–Trinajstić information content (AvgIpc) is 2.40. The fraction of sp³-hybridized carbons (Fsp3) is 0.615. The Morgan fingerprint density at radius 1 is 1.28 bits per heavy atom. The van der Waals surface area contributed by atoms with Crippen molar-refractivity contribution in [3.05, 3.63) is 18.1 Å². The summed E-state index contributed by atoms with van der Waals surface area (Å²) in [5, 5.41) is 5.94. The molecule has 0 radical (unpaired) electrons. The van der Waals surface area contributed by atoms with E-state index in [1.165, 1.54) is 6.20 Å². The highest BCUT2D eigenvalue weighted by molar-refractivity contribution is 5.92. The minimum Gasteiger partial charge on any atom is -0.369 e. The highest BCUT2D eigenvalue weighted by Gasteiger charge is 2.10. The number of hydrogen-bond donors (Lipinski definition) is 2. The first-order valence-electron chi connectivity index (χ1n) is 6.55. The summed E-state index contributed by atoms with van der Waals surface area (Å²) in [6.45, 7) is 7.69. The first-order chi connectivity index (χ1) is 8.71.